The van der Waals surface area contributed by atoms with E-state index in [2.05, 4.69) is 29.4 Å². The predicted molar refractivity (Wildman–Crippen MR) is 87.8 cm³/mol. The molecule has 118 valence electrons. The number of hydrogen-bond acceptors (Lipinski definition) is 2. The van der Waals surface area contributed by atoms with Crippen LogP contribution in [0.3, 0.4) is 0 Å². The lowest BCUT2D eigenvalue weighted by molar-refractivity contribution is -0.125. The third-order valence-electron chi connectivity index (χ3n) is 4.74. The van der Waals surface area contributed by atoms with Crippen LogP contribution < -0.4 is 5.32 Å². The second-order valence-corrected chi connectivity index (χ2v) is 6.52. The van der Waals surface area contributed by atoms with Crippen LogP contribution in [0, 0.1) is 6.92 Å². The van der Waals surface area contributed by atoms with Crippen molar-refractivity contribution in [1.29, 1.82) is 0 Å². The molecule has 1 aliphatic carbocycles. The van der Waals surface area contributed by atoms with Gasteiger partial charge in [0.1, 0.15) is 0 Å². The van der Waals surface area contributed by atoms with Crippen LogP contribution in [0.25, 0.3) is 10.9 Å². The first-order valence-electron chi connectivity index (χ1n) is 8.12. The molecule has 0 spiro atoms. The number of amides is 1. The molecule has 4 nitrogen and oxygen atoms in total. The Labute approximate surface area is 130 Å². The molecule has 0 aliphatic heterocycles. The minimum atomic E-state index is -0.762. The van der Waals surface area contributed by atoms with Crippen molar-refractivity contribution in [3.8, 4) is 0 Å². The van der Waals surface area contributed by atoms with E-state index in [1.54, 1.807) is 0 Å². The van der Waals surface area contributed by atoms with E-state index in [-0.39, 0.29) is 12.3 Å². The number of aliphatic hydroxyl groups is 1. The number of benzene rings is 1. The monoisotopic (exact) mass is 300 g/mol. The number of rotatable bonds is 5. The SMILES string of the molecule is Cc1cccc2[nH]cc(CCNC(=O)CC3(O)CCCC3)c12. The molecule has 1 aromatic carbocycles. The van der Waals surface area contributed by atoms with E-state index in [9.17, 15) is 9.90 Å². The van der Waals surface area contributed by atoms with Crippen molar-refractivity contribution in [3.05, 3.63) is 35.5 Å². The molecular weight excluding hydrogens is 276 g/mol. The number of aromatic amines is 1. The fraction of sp³-hybridized carbons (Fsp3) is 0.500. The van der Waals surface area contributed by atoms with Crippen LogP contribution in [0.1, 0.15) is 43.2 Å². The van der Waals surface area contributed by atoms with Crippen molar-refractivity contribution >= 4 is 16.8 Å². The van der Waals surface area contributed by atoms with E-state index in [0.717, 1.165) is 37.6 Å². The van der Waals surface area contributed by atoms with Gasteiger partial charge in [0.05, 0.1) is 12.0 Å². The predicted octanol–water partition coefficient (Wildman–Crippen LogP) is 2.83. The first-order valence-corrected chi connectivity index (χ1v) is 8.12. The minimum Gasteiger partial charge on any atom is -0.389 e. The molecule has 3 N–H and O–H groups in total. The second kappa shape index (κ2) is 6.13. The molecule has 1 aliphatic rings. The Bertz CT molecular complexity index is 669. The third kappa shape index (κ3) is 3.17. The van der Waals surface area contributed by atoms with Crippen molar-refractivity contribution in [3.63, 3.8) is 0 Å². The van der Waals surface area contributed by atoms with Gasteiger partial charge in [-0.1, -0.05) is 25.0 Å². The van der Waals surface area contributed by atoms with Gasteiger partial charge in [0.2, 0.25) is 5.91 Å². The lowest BCUT2D eigenvalue weighted by Crippen LogP contribution is -2.35. The zero-order valence-corrected chi connectivity index (χ0v) is 13.1. The van der Waals surface area contributed by atoms with Crippen molar-refractivity contribution in [1.82, 2.24) is 10.3 Å². The quantitative estimate of drug-likeness (QED) is 0.795. The van der Waals surface area contributed by atoms with Gasteiger partial charge in [0.25, 0.3) is 0 Å². The fourth-order valence-corrected chi connectivity index (χ4v) is 3.56. The molecule has 1 saturated carbocycles. The van der Waals surface area contributed by atoms with Crippen LogP contribution in [0.4, 0.5) is 0 Å². The van der Waals surface area contributed by atoms with Crippen molar-refractivity contribution < 1.29 is 9.90 Å². The fourth-order valence-electron chi connectivity index (χ4n) is 3.56. The smallest absolute Gasteiger partial charge is 0.222 e. The van der Waals surface area contributed by atoms with Crippen LogP contribution in [0.15, 0.2) is 24.4 Å². The molecule has 4 heteroatoms. The normalized spacial score (nSPS) is 17.0. The molecule has 0 atom stereocenters. The van der Waals surface area contributed by atoms with Gasteiger partial charge in [-0.25, -0.2) is 0 Å². The van der Waals surface area contributed by atoms with Gasteiger partial charge in [-0.2, -0.15) is 0 Å². The lowest BCUT2D eigenvalue weighted by Gasteiger charge is -2.21. The Morgan fingerprint density at radius 1 is 1.36 bits per heavy atom. The van der Waals surface area contributed by atoms with Gasteiger partial charge < -0.3 is 15.4 Å². The summed E-state index contributed by atoms with van der Waals surface area (Å²) < 4.78 is 0. The number of aryl methyl sites for hydroxylation is 1. The van der Waals surface area contributed by atoms with Crippen LogP contribution >= 0.6 is 0 Å². The molecule has 0 bridgehead atoms. The number of aromatic nitrogens is 1. The maximum atomic E-state index is 12.0. The number of fused-ring (bicyclic) bond motifs is 1. The zero-order valence-electron chi connectivity index (χ0n) is 13.1. The van der Waals surface area contributed by atoms with Crippen molar-refractivity contribution in [2.45, 2.75) is 51.0 Å². The van der Waals surface area contributed by atoms with Crippen molar-refractivity contribution in [2.75, 3.05) is 6.54 Å². The Kier molecular flexibility index (Phi) is 4.21. The number of nitrogens with one attached hydrogen (secondary N) is 2. The molecule has 0 unspecified atom stereocenters. The number of carbonyl (C=O) groups excluding carboxylic acids is 1. The highest BCUT2D eigenvalue weighted by Crippen LogP contribution is 2.32. The van der Waals surface area contributed by atoms with Crippen LogP contribution in [0.5, 0.6) is 0 Å². The molecular formula is C18H24N2O2. The average Bonchev–Trinajstić information content (AvgIpc) is 3.07. The average molecular weight is 300 g/mol. The van der Waals surface area contributed by atoms with Gasteiger partial charge >= 0.3 is 0 Å². The molecule has 22 heavy (non-hydrogen) atoms. The van der Waals surface area contributed by atoms with E-state index in [1.807, 2.05) is 12.3 Å². The summed E-state index contributed by atoms with van der Waals surface area (Å²) in [4.78, 5) is 15.3. The van der Waals surface area contributed by atoms with Gasteiger partial charge in [-0.3, -0.25) is 4.79 Å². The summed E-state index contributed by atoms with van der Waals surface area (Å²) in [6.07, 6.45) is 6.62. The molecule has 1 amide bonds. The maximum Gasteiger partial charge on any atom is 0.222 e. The van der Waals surface area contributed by atoms with E-state index in [0.29, 0.717) is 6.54 Å². The summed E-state index contributed by atoms with van der Waals surface area (Å²) >= 11 is 0. The molecule has 3 rings (SSSR count). The molecule has 1 fully saturated rings. The summed E-state index contributed by atoms with van der Waals surface area (Å²) in [5.74, 6) is -0.0408. The third-order valence-corrected chi connectivity index (χ3v) is 4.74. The van der Waals surface area contributed by atoms with Crippen molar-refractivity contribution in [2.24, 2.45) is 0 Å². The largest absolute Gasteiger partial charge is 0.389 e. The van der Waals surface area contributed by atoms with E-state index in [4.69, 9.17) is 0 Å². The van der Waals surface area contributed by atoms with E-state index >= 15 is 0 Å². The number of H-pyrrole nitrogens is 1. The van der Waals surface area contributed by atoms with Gasteiger partial charge in [0.15, 0.2) is 0 Å². The standard InChI is InChI=1S/C18H24N2O2/c1-13-5-4-6-15-17(13)14(12-20-15)7-10-19-16(21)11-18(22)8-2-3-9-18/h4-6,12,20,22H,2-3,7-11H2,1H3,(H,19,21). The highest BCUT2D eigenvalue weighted by atomic mass is 16.3. The topological polar surface area (TPSA) is 65.1 Å². The molecule has 0 radical (unpaired) electrons. The first kappa shape index (κ1) is 15.1. The lowest BCUT2D eigenvalue weighted by atomic mass is 9.97. The Balaban J connectivity index is 1.55. The summed E-state index contributed by atoms with van der Waals surface area (Å²) in [5.41, 5.74) is 2.86. The van der Waals surface area contributed by atoms with Crippen LogP contribution in [0.2, 0.25) is 0 Å². The number of hydrogen-bond donors (Lipinski definition) is 3. The Morgan fingerprint density at radius 2 is 2.14 bits per heavy atom. The maximum absolute atomic E-state index is 12.0. The molecule has 1 heterocycles. The number of carbonyl (C=O) groups is 1. The minimum absolute atomic E-state index is 0.0408. The van der Waals surface area contributed by atoms with E-state index in [1.165, 1.54) is 16.5 Å². The van der Waals surface area contributed by atoms with Gasteiger partial charge in [-0.15, -0.1) is 0 Å². The van der Waals surface area contributed by atoms with Gasteiger partial charge in [0, 0.05) is 23.6 Å². The first-order chi connectivity index (χ1) is 10.6. The zero-order chi connectivity index (χ0) is 15.6. The van der Waals surface area contributed by atoms with Crippen LogP contribution in [-0.2, 0) is 11.2 Å². The Hall–Kier alpha value is -1.81. The summed E-state index contributed by atoms with van der Waals surface area (Å²) in [5, 5.41) is 14.5. The molecule has 0 saturated heterocycles. The highest BCUT2D eigenvalue weighted by Gasteiger charge is 2.33. The summed E-state index contributed by atoms with van der Waals surface area (Å²) in [6, 6.07) is 6.22. The highest BCUT2D eigenvalue weighted by molar-refractivity contribution is 5.86. The second-order valence-electron chi connectivity index (χ2n) is 6.52. The Morgan fingerprint density at radius 3 is 2.91 bits per heavy atom. The molecule has 2 aromatic rings. The summed E-state index contributed by atoms with van der Waals surface area (Å²) in [6.45, 7) is 2.71. The summed E-state index contributed by atoms with van der Waals surface area (Å²) in [7, 11) is 0. The molecule has 1 aromatic heterocycles. The van der Waals surface area contributed by atoms with Crippen LogP contribution in [-0.4, -0.2) is 28.1 Å². The van der Waals surface area contributed by atoms with E-state index < -0.39 is 5.60 Å². The van der Waals surface area contributed by atoms with Gasteiger partial charge in [-0.05, 0) is 43.4 Å².